The number of furan rings is 1. The second kappa shape index (κ2) is 8.36. The zero-order valence-electron chi connectivity index (χ0n) is 10.5. The Bertz CT molecular complexity index is 246. The molecule has 3 heteroatoms. The molecule has 0 saturated carbocycles. The molecule has 1 rings (SSSR count). The topological polar surface area (TPSA) is 28.4 Å². The van der Waals surface area contributed by atoms with Gasteiger partial charge < -0.3 is 14.6 Å². The first-order valence-corrected chi connectivity index (χ1v) is 6.24. The standard InChI is InChI=1S/C13H24N2O/c1-3-4-9-15(2)10-6-8-14-12-13-7-5-11-16-13/h5,7,11,14H,3-4,6,8-10,12H2,1-2H3. The van der Waals surface area contributed by atoms with Gasteiger partial charge in [0.05, 0.1) is 12.8 Å². The first-order chi connectivity index (χ1) is 7.83. The van der Waals surface area contributed by atoms with Gasteiger partial charge in [0.15, 0.2) is 0 Å². The summed E-state index contributed by atoms with van der Waals surface area (Å²) in [6, 6.07) is 3.93. The summed E-state index contributed by atoms with van der Waals surface area (Å²) in [5.74, 6) is 1.01. The van der Waals surface area contributed by atoms with Crippen LogP contribution in [-0.4, -0.2) is 31.6 Å². The Labute approximate surface area is 98.8 Å². The van der Waals surface area contributed by atoms with Gasteiger partial charge in [-0.3, -0.25) is 0 Å². The Kier molecular flexibility index (Phi) is 6.93. The van der Waals surface area contributed by atoms with Crippen molar-refractivity contribution in [2.45, 2.75) is 32.7 Å². The predicted octanol–water partition coefficient (Wildman–Crippen LogP) is 2.49. The van der Waals surface area contributed by atoms with Gasteiger partial charge in [-0.05, 0) is 51.7 Å². The quantitative estimate of drug-likeness (QED) is 0.653. The molecule has 0 aliphatic heterocycles. The minimum absolute atomic E-state index is 0.839. The lowest BCUT2D eigenvalue weighted by atomic mass is 10.3. The zero-order valence-corrected chi connectivity index (χ0v) is 10.5. The van der Waals surface area contributed by atoms with Crippen LogP contribution in [0.2, 0.25) is 0 Å². The highest BCUT2D eigenvalue weighted by Gasteiger charge is 1.97. The van der Waals surface area contributed by atoms with Gasteiger partial charge in [0.1, 0.15) is 5.76 Å². The molecular formula is C13H24N2O. The fraction of sp³-hybridized carbons (Fsp3) is 0.692. The maximum Gasteiger partial charge on any atom is 0.117 e. The molecule has 0 saturated heterocycles. The van der Waals surface area contributed by atoms with E-state index in [2.05, 4.69) is 24.2 Å². The number of hydrogen-bond donors (Lipinski definition) is 1. The largest absolute Gasteiger partial charge is 0.468 e. The predicted molar refractivity (Wildman–Crippen MR) is 67.4 cm³/mol. The molecule has 0 spiro atoms. The third-order valence-corrected chi connectivity index (χ3v) is 2.67. The van der Waals surface area contributed by atoms with Crippen LogP contribution >= 0.6 is 0 Å². The second-order valence-electron chi connectivity index (χ2n) is 4.27. The summed E-state index contributed by atoms with van der Waals surface area (Å²) in [7, 11) is 2.20. The Morgan fingerprint density at radius 2 is 2.12 bits per heavy atom. The van der Waals surface area contributed by atoms with E-state index in [0.29, 0.717) is 0 Å². The SMILES string of the molecule is CCCCN(C)CCCNCc1ccco1. The van der Waals surface area contributed by atoms with Crippen molar-refractivity contribution < 1.29 is 4.42 Å². The van der Waals surface area contributed by atoms with E-state index in [0.717, 1.165) is 18.8 Å². The van der Waals surface area contributed by atoms with E-state index in [1.807, 2.05) is 12.1 Å². The molecule has 1 aromatic rings. The summed E-state index contributed by atoms with van der Waals surface area (Å²) in [4.78, 5) is 2.40. The van der Waals surface area contributed by atoms with E-state index in [4.69, 9.17) is 4.42 Å². The molecule has 1 aromatic heterocycles. The van der Waals surface area contributed by atoms with Gasteiger partial charge in [-0.1, -0.05) is 13.3 Å². The lowest BCUT2D eigenvalue weighted by molar-refractivity contribution is 0.320. The van der Waals surface area contributed by atoms with Crippen molar-refractivity contribution in [3.05, 3.63) is 24.2 Å². The Balaban J connectivity index is 1.91. The van der Waals surface area contributed by atoms with Crippen molar-refractivity contribution in [3.63, 3.8) is 0 Å². The van der Waals surface area contributed by atoms with Crippen LogP contribution < -0.4 is 5.32 Å². The molecule has 0 amide bonds. The molecule has 0 atom stereocenters. The fourth-order valence-electron chi connectivity index (χ4n) is 1.64. The van der Waals surface area contributed by atoms with Crippen molar-refractivity contribution in [1.82, 2.24) is 10.2 Å². The van der Waals surface area contributed by atoms with Crippen molar-refractivity contribution in [2.24, 2.45) is 0 Å². The van der Waals surface area contributed by atoms with Crippen molar-refractivity contribution in [1.29, 1.82) is 0 Å². The van der Waals surface area contributed by atoms with Gasteiger partial charge in [-0.2, -0.15) is 0 Å². The highest BCUT2D eigenvalue weighted by Crippen LogP contribution is 1.98. The van der Waals surface area contributed by atoms with E-state index in [1.54, 1.807) is 6.26 Å². The van der Waals surface area contributed by atoms with E-state index >= 15 is 0 Å². The molecule has 3 nitrogen and oxygen atoms in total. The van der Waals surface area contributed by atoms with Gasteiger partial charge in [-0.25, -0.2) is 0 Å². The van der Waals surface area contributed by atoms with E-state index < -0.39 is 0 Å². The molecule has 0 radical (unpaired) electrons. The van der Waals surface area contributed by atoms with Gasteiger partial charge in [-0.15, -0.1) is 0 Å². The molecule has 92 valence electrons. The number of unbranched alkanes of at least 4 members (excludes halogenated alkanes) is 1. The van der Waals surface area contributed by atoms with Crippen LogP contribution in [0.25, 0.3) is 0 Å². The van der Waals surface area contributed by atoms with Gasteiger partial charge in [0, 0.05) is 0 Å². The van der Waals surface area contributed by atoms with E-state index in [-0.39, 0.29) is 0 Å². The summed E-state index contributed by atoms with van der Waals surface area (Å²) in [5.41, 5.74) is 0. The van der Waals surface area contributed by atoms with Crippen LogP contribution in [0.15, 0.2) is 22.8 Å². The second-order valence-corrected chi connectivity index (χ2v) is 4.27. The van der Waals surface area contributed by atoms with Crippen molar-refractivity contribution >= 4 is 0 Å². The highest BCUT2D eigenvalue weighted by molar-refractivity contribution is 4.97. The van der Waals surface area contributed by atoms with E-state index in [1.165, 1.54) is 32.4 Å². The zero-order chi connectivity index (χ0) is 11.6. The molecule has 0 aromatic carbocycles. The highest BCUT2D eigenvalue weighted by atomic mass is 16.3. The average molecular weight is 224 g/mol. The van der Waals surface area contributed by atoms with Gasteiger partial charge in [0.2, 0.25) is 0 Å². The summed E-state index contributed by atoms with van der Waals surface area (Å²) in [5, 5.41) is 3.38. The smallest absolute Gasteiger partial charge is 0.117 e. The lowest BCUT2D eigenvalue weighted by Gasteiger charge is -2.15. The molecule has 0 fully saturated rings. The molecule has 0 unspecified atom stereocenters. The summed E-state index contributed by atoms with van der Waals surface area (Å²) in [6.45, 7) is 6.52. The first-order valence-electron chi connectivity index (χ1n) is 6.24. The van der Waals surface area contributed by atoms with Crippen LogP contribution in [0.5, 0.6) is 0 Å². The number of nitrogens with zero attached hydrogens (tertiary/aromatic N) is 1. The molecule has 16 heavy (non-hydrogen) atoms. The molecule has 0 bridgehead atoms. The van der Waals surface area contributed by atoms with Crippen molar-refractivity contribution in [2.75, 3.05) is 26.7 Å². The van der Waals surface area contributed by atoms with Crippen LogP contribution in [0.3, 0.4) is 0 Å². The minimum Gasteiger partial charge on any atom is -0.468 e. The molecule has 1 heterocycles. The van der Waals surface area contributed by atoms with Crippen LogP contribution in [0, 0.1) is 0 Å². The van der Waals surface area contributed by atoms with Gasteiger partial charge >= 0.3 is 0 Å². The summed E-state index contributed by atoms with van der Waals surface area (Å²) >= 11 is 0. The van der Waals surface area contributed by atoms with Crippen LogP contribution in [0.1, 0.15) is 31.9 Å². The minimum atomic E-state index is 0.839. The van der Waals surface area contributed by atoms with Crippen LogP contribution in [-0.2, 0) is 6.54 Å². The number of nitrogens with one attached hydrogen (secondary N) is 1. The van der Waals surface area contributed by atoms with E-state index in [9.17, 15) is 0 Å². The third-order valence-electron chi connectivity index (χ3n) is 2.67. The van der Waals surface area contributed by atoms with Crippen LogP contribution in [0.4, 0.5) is 0 Å². The molecule has 0 aliphatic carbocycles. The number of hydrogen-bond acceptors (Lipinski definition) is 3. The average Bonchev–Trinajstić information content (AvgIpc) is 2.79. The Morgan fingerprint density at radius 1 is 1.31 bits per heavy atom. The normalized spacial score (nSPS) is 11.2. The monoisotopic (exact) mass is 224 g/mol. The third kappa shape index (κ3) is 5.93. The number of rotatable bonds is 9. The fourth-order valence-corrected chi connectivity index (χ4v) is 1.64. The lowest BCUT2D eigenvalue weighted by Crippen LogP contribution is -2.24. The van der Waals surface area contributed by atoms with Gasteiger partial charge in [0.25, 0.3) is 0 Å². The maximum absolute atomic E-state index is 5.24. The molecule has 0 aliphatic rings. The maximum atomic E-state index is 5.24. The van der Waals surface area contributed by atoms with Crippen molar-refractivity contribution in [3.8, 4) is 0 Å². The summed E-state index contributed by atoms with van der Waals surface area (Å²) in [6.07, 6.45) is 5.49. The first kappa shape index (κ1) is 13.3. The summed E-state index contributed by atoms with van der Waals surface area (Å²) < 4.78 is 5.24. The molecular weight excluding hydrogens is 200 g/mol. The molecule has 1 N–H and O–H groups in total. The Hall–Kier alpha value is -0.800. The Morgan fingerprint density at radius 3 is 2.81 bits per heavy atom.